The fraction of sp³-hybridized carbons (Fsp3) is 0.588. The molecule has 2 saturated carbocycles. The van der Waals surface area contributed by atoms with Crippen molar-refractivity contribution < 1.29 is 4.79 Å². The van der Waals surface area contributed by atoms with Crippen LogP contribution in [0.25, 0.3) is 0 Å². The summed E-state index contributed by atoms with van der Waals surface area (Å²) in [6.07, 6.45) is 7.02. The topological polar surface area (TPSA) is 17.1 Å². The Balaban J connectivity index is 1.48. The average molecular weight is 240 g/mol. The lowest BCUT2D eigenvalue weighted by atomic mass is 9.77. The monoisotopic (exact) mass is 240 g/mol. The van der Waals surface area contributed by atoms with Crippen molar-refractivity contribution in [1.29, 1.82) is 0 Å². The molecule has 3 unspecified atom stereocenters. The normalized spacial score (nSPS) is 36.9. The number of fused-ring (bicyclic) bond motifs is 2. The van der Waals surface area contributed by atoms with E-state index >= 15 is 0 Å². The summed E-state index contributed by atoms with van der Waals surface area (Å²) >= 11 is 0. The molecule has 0 radical (unpaired) electrons. The van der Waals surface area contributed by atoms with Gasteiger partial charge in [0.15, 0.2) is 0 Å². The molecular weight excluding hydrogens is 220 g/mol. The van der Waals surface area contributed by atoms with Gasteiger partial charge in [-0.1, -0.05) is 24.3 Å². The van der Waals surface area contributed by atoms with Crippen molar-refractivity contribution in [2.24, 2.45) is 23.7 Å². The quantitative estimate of drug-likeness (QED) is 0.774. The number of carbonyl (C=O) groups is 1. The molecule has 1 nitrogen and oxygen atoms in total. The zero-order chi connectivity index (χ0) is 12.1. The highest BCUT2D eigenvalue weighted by atomic mass is 16.1. The third kappa shape index (κ3) is 1.72. The van der Waals surface area contributed by atoms with Gasteiger partial charge in [0, 0.05) is 11.8 Å². The van der Waals surface area contributed by atoms with Crippen LogP contribution in [-0.4, -0.2) is 5.78 Å². The van der Waals surface area contributed by atoms with Crippen molar-refractivity contribution in [3.8, 4) is 0 Å². The van der Waals surface area contributed by atoms with Gasteiger partial charge in [0.1, 0.15) is 5.78 Å². The van der Waals surface area contributed by atoms with E-state index in [4.69, 9.17) is 0 Å². The Labute approximate surface area is 109 Å². The molecule has 0 heterocycles. The lowest BCUT2D eigenvalue weighted by Crippen LogP contribution is -2.28. The van der Waals surface area contributed by atoms with Crippen LogP contribution in [-0.2, 0) is 17.6 Å². The number of Topliss-reactive ketones (excluding diaryl/α,β-unsaturated/α-hetero) is 1. The van der Waals surface area contributed by atoms with Crippen LogP contribution in [0.4, 0.5) is 0 Å². The molecule has 0 aromatic heterocycles. The minimum Gasteiger partial charge on any atom is -0.299 e. The van der Waals surface area contributed by atoms with Gasteiger partial charge in [0.25, 0.3) is 0 Å². The van der Waals surface area contributed by atoms with Gasteiger partial charge in [0.2, 0.25) is 0 Å². The van der Waals surface area contributed by atoms with Crippen LogP contribution in [0.15, 0.2) is 24.3 Å². The summed E-state index contributed by atoms with van der Waals surface area (Å²) in [7, 11) is 0. The van der Waals surface area contributed by atoms with Gasteiger partial charge in [-0.15, -0.1) is 0 Å². The first-order chi connectivity index (χ1) is 8.81. The van der Waals surface area contributed by atoms with E-state index < -0.39 is 0 Å². The van der Waals surface area contributed by atoms with E-state index in [9.17, 15) is 4.79 Å². The zero-order valence-corrected chi connectivity index (χ0v) is 10.8. The maximum Gasteiger partial charge on any atom is 0.139 e. The molecule has 0 saturated heterocycles. The van der Waals surface area contributed by atoms with E-state index in [1.54, 1.807) is 0 Å². The molecule has 4 rings (SSSR count). The fourth-order valence-electron chi connectivity index (χ4n) is 4.22. The van der Waals surface area contributed by atoms with Crippen LogP contribution in [0.5, 0.6) is 0 Å². The highest BCUT2D eigenvalue weighted by Crippen LogP contribution is 2.55. The summed E-state index contributed by atoms with van der Waals surface area (Å²) in [4.78, 5) is 12.6. The molecule has 0 aliphatic heterocycles. The summed E-state index contributed by atoms with van der Waals surface area (Å²) in [5, 5.41) is 0. The number of aryl methyl sites for hydroxylation is 1. The second-order valence-electron chi connectivity index (χ2n) is 6.53. The molecule has 1 aromatic carbocycles. The minimum atomic E-state index is 0.322. The average Bonchev–Trinajstić information content (AvgIpc) is 3.04. The van der Waals surface area contributed by atoms with Crippen LogP contribution >= 0.6 is 0 Å². The van der Waals surface area contributed by atoms with Crippen molar-refractivity contribution in [2.75, 3.05) is 0 Å². The van der Waals surface area contributed by atoms with Crippen molar-refractivity contribution in [3.63, 3.8) is 0 Å². The third-order valence-electron chi connectivity index (χ3n) is 5.40. The van der Waals surface area contributed by atoms with Gasteiger partial charge >= 0.3 is 0 Å². The van der Waals surface area contributed by atoms with Crippen molar-refractivity contribution in [2.45, 2.75) is 38.5 Å². The molecule has 0 bridgehead atoms. The molecule has 0 spiro atoms. The molecule has 2 fully saturated rings. The van der Waals surface area contributed by atoms with E-state index in [1.807, 2.05) is 0 Å². The first-order valence-corrected chi connectivity index (χ1v) is 7.42. The Hall–Kier alpha value is -1.11. The van der Waals surface area contributed by atoms with Crippen molar-refractivity contribution >= 4 is 5.78 Å². The molecule has 0 N–H and O–H groups in total. The number of hydrogen-bond donors (Lipinski definition) is 0. The van der Waals surface area contributed by atoms with Crippen LogP contribution in [0.1, 0.15) is 36.8 Å². The maximum absolute atomic E-state index is 12.6. The molecule has 0 amide bonds. The first-order valence-electron chi connectivity index (χ1n) is 7.42. The standard InChI is InChI=1S/C17H20O/c18-17(16-9-14-8-15(14)10-16)13-6-5-11-3-1-2-4-12(11)7-13/h1-4,13-16H,5-10H2. The van der Waals surface area contributed by atoms with Gasteiger partial charge in [0.05, 0.1) is 0 Å². The summed E-state index contributed by atoms with van der Waals surface area (Å²) in [6, 6.07) is 8.66. The van der Waals surface area contributed by atoms with Gasteiger partial charge in [-0.25, -0.2) is 0 Å². The fourth-order valence-corrected chi connectivity index (χ4v) is 4.22. The summed E-state index contributed by atoms with van der Waals surface area (Å²) in [6.45, 7) is 0. The first kappa shape index (κ1) is 10.8. The zero-order valence-electron chi connectivity index (χ0n) is 10.8. The highest BCUT2D eigenvalue weighted by molar-refractivity contribution is 5.84. The van der Waals surface area contributed by atoms with Crippen LogP contribution < -0.4 is 0 Å². The molecule has 1 aromatic rings. The van der Waals surface area contributed by atoms with Gasteiger partial charge in [-0.3, -0.25) is 4.79 Å². The Morgan fingerprint density at radius 1 is 0.944 bits per heavy atom. The Morgan fingerprint density at radius 3 is 2.44 bits per heavy atom. The van der Waals surface area contributed by atoms with Crippen LogP contribution in [0.2, 0.25) is 0 Å². The summed E-state index contributed by atoms with van der Waals surface area (Å²) < 4.78 is 0. The molecule has 3 aliphatic rings. The second-order valence-corrected chi connectivity index (χ2v) is 6.53. The summed E-state index contributed by atoms with van der Waals surface area (Å²) in [5.41, 5.74) is 2.89. The summed E-state index contributed by atoms with van der Waals surface area (Å²) in [5.74, 6) is 3.19. The van der Waals surface area contributed by atoms with Gasteiger partial charge in [-0.2, -0.15) is 0 Å². The van der Waals surface area contributed by atoms with E-state index in [1.165, 1.54) is 30.4 Å². The smallest absolute Gasteiger partial charge is 0.139 e. The Bertz CT molecular complexity index is 480. The van der Waals surface area contributed by atoms with Crippen molar-refractivity contribution in [3.05, 3.63) is 35.4 Å². The number of rotatable bonds is 2. The van der Waals surface area contributed by atoms with Crippen LogP contribution in [0, 0.1) is 23.7 Å². The molecular formula is C17H20O. The SMILES string of the molecule is O=C(C1CCc2ccccc2C1)C1CC2CC2C1. The highest BCUT2D eigenvalue weighted by Gasteiger charge is 2.48. The molecule has 3 atom stereocenters. The number of carbonyl (C=O) groups excluding carboxylic acids is 1. The van der Waals surface area contributed by atoms with Gasteiger partial charge in [-0.05, 0) is 61.5 Å². The Morgan fingerprint density at radius 2 is 1.67 bits per heavy atom. The second kappa shape index (κ2) is 3.94. The lowest BCUT2D eigenvalue weighted by Gasteiger charge is -2.26. The Kier molecular flexibility index (Phi) is 2.36. The molecule has 1 heteroatoms. The molecule has 18 heavy (non-hydrogen) atoms. The number of benzene rings is 1. The van der Waals surface area contributed by atoms with E-state index in [0.29, 0.717) is 17.6 Å². The number of ketones is 1. The van der Waals surface area contributed by atoms with E-state index in [2.05, 4.69) is 24.3 Å². The third-order valence-corrected chi connectivity index (χ3v) is 5.40. The largest absolute Gasteiger partial charge is 0.299 e. The minimum absolute atomic E-state index is 0.322. The lowest BCUT2D eigenvalue weighted by molar-refractivity contribution is -0.127. The van der Waals surface area contributed by atoms with E-state index in [-0.39, 0.29) is 0 Å². The molecule has 3 aliphatic carbocycles. The number of hydrogen-bond acceptors (Lipinski definition) is 1. The molecule has 94 valence electrons. The predicted octanol–water partition coefficient (Wildman–Crippen LogP) is 3.41. The van der Waals surface area contributed by atoms with Crippen LogP contribution in [0.3, 0.4) is 0 Å². The van der Waals surface area contributed by atoms with E-state index in [0.717, 1.165) is 31.1 Å². The predicted molar refractivity (Wildman–Crippen MR) is 71.3 cm³/mol. The van der Waals surface area contributed by atoms with Gasteiger partial charge < -0.3 is 0 Å². The van der Waals surface area contributed by atoms with Crippen molar-refractivity contribution in [1.82, 2.24) is 0 Å². The maximum atomic E-state index is 12.6.